The molecule has 5 nitrogen and oxygen atoms in total. The first kappa shape index (κ1) is 21.9. The summed E-state index contributed by atoms with van der Waals surface area (Å²) < 4.78 is 7.61. The molecule has 0 fully saturated rings. The van der Waals surface area contributed by atoms with Gasteiger partial charge in [-0.05, 0) is 55.3 Å². The molecule has 1 heterocycles. The van der Waals surface area contributed by atoms with Crippen LogP contribution in [0.5, 0.6) is 11.5 Å². The van der Waals surface area contributed by atoms with Gasteiger partial charge < -0.3 is 10.1 Å². The van der Waals surface area contributed by atoms with Gasteiger partial charge in [0.25, 0.3) is 5.91 Å². The fraction of sp³-hybridized carbons (Fsp3) is 0.120. The number of hydrogen-bond acceptors (Lipinski definition) is 3. The lowest BCUT2D eigenvalue weighted by Crippen LogP contribution is -2.14. The molecule has 0 bridgehead atoms. The molecule has 0 saturated carbocycles. The number of carbonyl (C=O) groups is 1. The molecule has 4 rings (SSSR count). The number of halogens is 2. The van der Waals surface area contributed by atoms with Crippen LogP contribution in [0.3, 0.4) is 0 Å². The van der Waals surface area contributed by atoms with E-state index in [0.717, 1.165) is 11.1 Å². The summed E-state index contributed by atoms with van der Waals surface area (Å²) in [4.78, 5) is 13.1. The summed E-state index contributed by atoms with van der Waals surface area (Å²) in [5, 5.41) is 8.07. The van der Waals surface area contributed by atoms with Crippen LogP contribution >= 0.6 is 23.2 Å². The van der Waals surface area contributed by atoms with Gasteiger partial charge in [-0.2, -0.15) is 5.10 Å². The fourth-order valence-corrected chi connectivity index (χ4v) is 3.84. The molecule has 0 aliphatic carbocycles. The van der Waals surface area contributed by atoms with E-state index in [4.69, 9.17) is 27.9 Å². The molecule has 1 amide bonds. The third-order valence-corrected chi connectivity index (χ3v) is 5.49. The van der Waals surface area contributed by atoms with Gasteiger partial charge in [-0.1, -0.05) is 65.7 Å². The highest BCUT2D eigenvalue weighted by molar-refractivity contribution is 6.34. The molecule has 7 heteroatoms. The molecule has 4 aromatic rings. The Morgan fingerprint density at radius 3 is 2.53 bits per heavy atom. The molecule has 1 aromatic heterocycles. The van der Waals surface area contributed by atoms with Crippen molar-refractivity contribution >= 4 is 34.8 Å². The number of ether oxygens (including phenoxy) is 1. The van der Waals surface area contributed by atoms with E-state index in [1.165, 1.54) is 0 Å². The maximum atomic E-state index is 13.1. The van der Waals surface area contributed by atoms with E-state index in [1.807, 2.05) is 61.5 Å². The van der Waals surface area contributed by atoms with E-state index in [-0.39, 0.29) is 11.1 Å². The summed E-state index contributed by atoms with van der Waals surface area (Å²) in [6.07, 6.45) is 0. The molecule has 0 radical (unpaired) electrons. The van der Waals surface area contributed by atoms with Gasteiger partial charge in [-0.3, -0.25) is 4.79 Å². The molecule has 0 atom stereocenters. The van der Waals surface area contributed by atoms with Gasteiger partial charge in [0.1, 0.15) is 10.9 Å². The van der Waals surface area contributed by atoms with Crippen molar-refractivity contribution in [2.75, 3.05) is 5.32 Å². The predicted molar refractivity (Wildman–Crippen MR) is 128 cm³/mol. The fourth-order valence-electron chi connectivity index (χ4n) is 3.35. The van der Waals surface area contributed by atoms with Crippen LogP contribution in [-0.4, -0.2) is 15.7 Å². The van der Waals surface area contributed by atoms with Crippen molar-refractivity contribution in [2.24, 2.45) is 0 Å². The molecule has 0 spiro atoms. The minimum absolute atomic E-state index is 0.270. The SMILES string of the molecule is Cc1cccc(Oc2ccc(Cl)cc2NC(=O)c2c(C)nn(Cc3ccccc3)c2Cl)c1. The van der Waals surface area contributed by atoms with Gasteiger partial charge in [0.15, 0.2) is 5.75 Å². The molecule has 3 aromatic carbocycles. The number of rotatable bonds is 6. The van der Waals surface area contributed by atoms with E-state index in [2.05, 4.69) is 10.4 Å². The zero-order chi connectivity index (χ0) is 22.7. The van der Waals surface area contributed by atoms with Crippen LogP contribution in [0.15, 0.2) is 72.8 Å². The Hall–Kier alpha value is -3.28. The number of hydrogen-bond donors (Lipinski definition) is 1. The second-order valence-corrected chi connectivity index (χ2v) is 8.20. The number of nitrogens with zero attached hydrogens (tertiary/aromatic N) is 2. The standard InChI is InChI=1S/C25H21Cl2N3O2/c1-16-7-6-10-20(13-16)32-22-12-11-19(26)14-21(22)28-25(31)23-17(2)29-30(24(23)27)15-18-8-4-3-5-9-18/h3-14H,15H2,1-2H3,(H,28,31). The average Bonchev–Trinajstić information content (AvgIpc) is 3.03. The van der Waals surface area contributed by atoms with Gasteiger partial charge in [0.05, 0.1) is 23.5 Å². The minimum Gasteiger partial charge on any atom is -0.455 e. The Morgan fingerprint density at radius 1 is 1.00 bits per heavy atom. The van der Waals surface area contributed by atoms with Crippen molar-refractivity contribution in [1.82, 2.24) is 9.78 Å². The van der Waals surface area contributed by atoms with E-state index >= 15 is 0 Å². The summed E-state index contributed by atoms with van der Waals surface area (Å²) >= 11 is 12.7. The summed E-state index contributed by atoms with van der Waals surface area (Å²) in [5.41, 5.74) is 3.38. The van der Waals surface area contributed by atoms with Gasteiger partial charge in [0.2, 0.25) is 0 Å². The Kier molecular flexibility index (Phi) is 6.49. The summed E-state index contributed by atoms with van der Waals surface area (Å²) in [7, 11) is 0. The lowest BCUT2D eigenvalue weighted by Gasteiger charge is -2.13. The van der Waals surface area contributed by atoms with Crippen molar-refractivity contribution in [3.63, 3.8) is 0 Å². The number of anilines is 1. The first-order chi connectivity index (χ1) is 15.4. The Labute approximate surface area is 196 Å². The van der Waals surface area contributed by atoms with Gasteiger partial charge in [-0.25, -0.2) is 4.68 Å². The lowest BCUT2D eigenvalue weighted by atomic mass is 10.2. The van der Waals surface area contributed by atoms with Crippen molar-refractivity contribution in [1.29, 1.82) is 0 Å². The molecule has 0 aliphatic heterocycles. The zero-order valence-corrected chi connectivity index (χ0v) is 19.1. The first-order valence-corrected chi connectivity index (χ1v) is 10.8. The minimum atomic E-state index is -0.386. The topological polar surface area (TPSA) is 56.1 Å². The van der Waals surface area contributed by atoms with E-state index in [0.29, 0.717) is 40.0 Å². The Morgan fingerprint density at radius 2 is 1.78 bits per heavy atom. The summed E-state index contributed by atoms with van der Waals surface area (Å²) in [6, 6.07) is 22.5. The zero-order valence-electron chi connectivity index (χ0n) is 17.6. The van der Waals surface area contributed by atoms with E-state index in [1.54, 1.807) is 29.8 Å². The van der Waals surface area contributed by atoms with Crippen molar-refractivity contribution < 1.29 is 9.53 Å². The Bertz CT molecular complexity index is 1270. The molecular weight excluding hydrogens is 445 g/mol. The first-order valence-electron chi connectivity index (χ1n) is 10.0. The molecule has 32 heavy (non-hydrogen) atoms. The third-order valence-electron chi connectivity index (χ3n) is 4.87. The second-order valence-electron chi connectivity index (χ2n) is 7.41. The molecule has 0 aliphatic rings. The van der Waals surface area contributed by atoms with Crippen molar-refractivity contribution in [3.8, 4) is 11.5 Å². The number of benzene rings is 3. The van der Waals surface area contributed by atoms with Gasteiger partial charge in [0, 0.05) is 5.02 Å². The van der Waals surface area contributed by atoms with Crippen molar-refractivity contribution in [3.05, 3.63) is 105 Å². The molecular formula is C25H21Cl2N3O2. The largest absolute Gasteiger partial charge is 0.455 e. The molecule has 162 valence electrons. The monoisotopic (exact) mass is 465 g/mol. The molecule has 1 N–H and O–H groups in total. The highest BCUT2D eigenvalue weighted by Gasteiger charge is 2.22. The molecule has 0 unspecified atom stereocenters. The normalized spacial score (nSPS) is 10.8. The van der Waals surface area contributed by atoms with Gasteiger partial charge >= 0.3 is 0 Å². The molecule has 0 saturated heterocycles. The number of carbonyl (C=O) groups excluding carboxylic acids is 1. The maximum Gasteiger partial charge on any atom is 0.260 e. The quantitative estimate of drug-likeness (QED) is 0.336. The van der Waals surface area contributed by atoms with E-state index < -0.39 is 0 Å². The van der Waals surface area contributed by atoms with Crippen LogP contribution in [0.2, 0.25) is 10.2 Å². The average molecular weight is 466 g/mol. The van der Waals surface area contributed by atoms with Crippen LogP contribution in [-0.2, 0) is 6.54 Å². The maximum absolute atomic E-state index is 13.1. The highest BCUT2D eigenvalue weighted by Crippen LogP contribution is 2.33. The third kappa shape index (κ3) is 4.96. The van der Waals surface area contributed by atoms with Crippen LogP contribution < -0.4 is 10.1 Å². The summed E-state index contributed by atoms with van der Waals surface area (Å²) in [6.45, 7) is 4.20. The number of aromatic nitrogens is 2. The Balaban J connectivity index is 1.60. The lowest BCUT2D eigenvalue weighted by molar-refractivity contribution is 0.102. The van der Waals surface area contributed by atoms with Crippen molar-refractivity contribution in [2.45, 2.75) is 20.4 Å². The highest BCUT2D eigenvalue weighted by atomic mass is 35.5. The van der Waals surface area contributed by atoms with Crippen LogP contribution in [0.4, 0.5) is 5.69 Å². The number of aryl methyl sites for hydroxylation is 2. The van der Waals surface area contributed by atoms with Crippen LogP contribution in [0, 0.1) is 13.8 Å². The van der Waals surface area contributed by atoms with Crippen LogP contribution in [0.1, 0.15) is 27.2 Å². The number of amides is 1. The smallest absolute Gasteiger partial charge is 0.260 e. The van der Waals surface area contributed by atoms with Gasteiger partial charge in [-0.15, -0.1) is 0 Å². The predicted octanol–water partition coefficient (Wildman–Crippen LogP) is 6.90. The van der Waals surface area contributed by atoms with E-state index in [9.17, 15) is 4.79 Å². The number of nitrogens with one attached hydrogen (secondary N) is 1. The van der Waals surface area contributed by atoms with Crippen LogP contribution in [0.25, 0.3) is 0 Å². The second kappa shape index (κ2) is 9.47. The summed E-state index contributed by atoms with van der Waals surface area (Å²) in [5.74, 6) is 0.745.